The van der Waals surface area contributed by atoms with Gasteiger partial charge in [0.25, 0.3) is 0 Å². The molecule has 2 aromatic rings. The van der Waals surface area contributed by atoms with Crippen LogP contribution in [0.3, 0.4) is 0 Å². The summed E-state index contributed by atoms with van der Waals surface area (Å²) in [5.74, 6) is 0. The van der Waals surface area contributed by atoms with E-state index >= 15 is 0 Å². The number of aromatic nitrogens is 3. The number of hydrogen-bond acceptors (Lipinski definition) is 4. The van der Waals surface area contributed by atoms with Crippen LogP contribution in [0.25, 0.3) is 11.0 Å². The van der Waals surface area contributed by atoms with E-state index < -0.39 is 0 Å². The van der Waals surface area contributed by atoms with E-state index in [-0.39, 0.29) is 5.28 Å². The van der Waals surface area contributed by atoms with Gasteiger partial charge < -0.3 is 4.90 Å². The SMILES string of the molecule is CN1CCc2ccc3nc(Cl)nnc3c2C1. The molecule has 0 radical (unpaired) electrons. The van der Waals surface area contributed by atoms with E-state index in [0.717, 1.165) is 30.5 Å². The largest absolute Gasteiger partial charge is 0.302 e. The molecule has 3 rings (SSSR count). The number of benzene rings is 1. The molecule has 1 aromatic carbocycles. The molecule has 0 bridgehead atoms. The Morgan fingerprint density at radius 3 is 3.06 bits per heavy atom. The fourth-order valence-corrected chi connectivity index (χ4v) is 2.28. The van der Waals surface area contributed by atoms with Crippen molar-refractivity contribution in [3.8, 4) is 0 Å². The van der Waals surface area contributed by atoms with Gasteiger partial charge in [-0.25, -0.2) is 4.98 Å². The number of nitrogens with zero attached hydrogens (tertiary/aromatic N) is 4. The van der Waals surface area contributed by atoms with E-state index in [1.165, 1.54) is 11.1 Å². The Balaban J connectivity index is 2.26. The summed E-state index contributed by atoms with van der Waals surface area (Å²) in [5, 5.41) is 8.19. The molecule has 0 N–H and O–H groups in total. The molecule has 4 nitrogen and oxygen atoms in total. The molecule has 2 heterocycles. The third-order valence-corrected chi connectivity index (χ3v) is 3.15. The Hall–Kier alpha value is -1.26. The summed E-state index contributed by atoms with van der Waals surface area (Å²) in [4.78, 5) is 6.46. The quantitative estimate of drug-likeness (QED) is 0.696. The number of fused-ring (bicyclic) bond motifs is 3. The van der Waals surface area contributed by atoms with Crippen LogP contribution in [0.5, 0.6) is 0 Å². The van der Waals surface area contributed by atoms with Crippen LogP contribution >= 0.6 is 11.6 Å². The predicted molar refractivity (Wildman–Crippen MR) is 62.4 cm³/mol. The average Bonchev–Trinajstić information content (AvgIpc) is 2.28. The minimum Gasteiger partial charge on any atom is -0.302 e. The van der Waals surface area contributed by atoms with Crippen LogP contribution in [0.2, 0.25) is 5.28 Å². The molecule has 0 spiro atoms. The van der Waals surface area contributed by atoms with Gasteiger partial charge >= 0.3 is 0 Å². The smallest absolute Gasteiger partial charge is 0.243 e. The van der Waals surface area contributed by atoms with E-state index in [9.17, 15) is 0 Å². The molecule has 0 unspecified atom stereocenters. The highest BCUT2D eigenvalue weighted by Gasteiger charge is 2.17. The molecule has 1 aliphatic rings. The van der Waals surface area contributed by atoms with Crippen molar-refractivity contribution >= 4 is 22.6 Å². The monoisotopic (exact) mass is 234 g/mol. The van der Waals surface area contributed by atoms with Gasteiger partial charge in [-0.1, -0.05) is 6.07 Å². The summed E-state index contributed by atoms with van der Waals surface area (Å²) >= 11 is 5.74. The van der Waals surface area contributed by atoms with Crippen LogP contribution in [-0.2, 0) is 13.0 Å². The van der Waals surface area contributed by atoms with E-state index in [0.29, 0.717) is 0 Å². The molecular formula is C11H11ClN4. The molecule has 1 aliphatic heterocycles. The lowest BCUT2D eigenvalue weighted by atomic mass is 9.98. The van der Waals surface area contributed by atoms with Crippen LogP contribution < -0.4 is 0 Å². The van der Waals surface area contributed by atoms with Crippen LogP contribution in [0.4, 0.5) is 0 Å². The summed E-state index contributed by atoms with van der Waals surface area (Å²) < 4.78 is 0. The van der Waals surface area contributed by atoms with Gasteiger partial charge in [-0.15, -0.1) is 10.2 Å². The number of halogens is 1. The van der Waals surface area contributed by atoms with Gasteiger partial charge in [-0.05, 0) is 42.3 Å². The van der Waals surface area contributed by atoms with Crippen LogP contribution in [0, 0.1) is 0 Å². The zero-order valence-corrected chi connectivity index (χ0v) is 9.70. The van der Waals surface area contributed by atoms with E-state index in [1.807, 2.05) is 6.07 Å². The van der Waals surface area contributed by atoms with Gasteiger partial charge in [0.15, 0.2) is 0 Å². The summed E-state index contributed by atoms with van der Waals surface area (Å²) in [6.45, 7) is 2.00. The van der Waals surface area contributed by atoms with Crippen molar-refractivity contribution in [3.63, 3.8) is 0 Å². The van der Waals surface area contributed by atoms with Crippen molar-refractivity contribution in [3.05, 3.63) is 28.5 Å². The van der Waals surface area contributed by atoms with Crippen molar-refractivity contribution in [1.82, 2.24) is 20.1 Å². The molecule has 1 aromatic heterocycles. The second-order valence-electron chi connectivity index (χ2n) is 4.14. The first-order valence-corrected chi connectivity index (χ1v) is 5.61. The van der Waals surface area contributed by atoms with Gasteiger partial charge in [-0.3, -0.25) is 0 Å². The van der Waals surface area contributed by atoms with Gasteiger partial charge in [0.1, 0.15) is 5.52 Å². The van der Waals surface area contributed by atoms with Crippen molar-refractivity contribution < 1.29 is 0 Å². The summed E-state index contributed by atoms with van der Waals surface area (Å²) in [6, 6.07) is 4.09. The first-order chi connectivity index (χ1) is 7.74. The molecule has 5 heteroatoms. The van der Waals surface area contributed by atoms with E-state index in [1.54, 1.807) is 0 Å². The zero-order valence-electron chi connectivity index (χ0n) is 8.94. The molecular weight excluding hydrogens is 224 g/mol. The highest BCUT2D eigenvalue weighted by molar-refractivity contribution is 6.28. The summed E-state index contributed by atoms with van der Waals surface area (Å²) in [5.41, 5.74) is 4.30. The van der Waals surface area contributed by atoms with Gasteiger partial charge in [0.2, 0.25) is 5.28 Å². The average molecular weight is 235 g/mol. The molecule has 0 fully saturated rings. The van der Waals surface area contributed by atoms with Crippen molar-refractivity contribution in [2.45, 2.75) is 13.0 Å². The third-order valence-electron chi connectivity index (χ3n) is 2.99. The van der Waals surface area contributed by atoms with Crippen molar-refractivity contribution in [2.24, 2.45) is 0 Å². The standard InChI is InChI=1S/C11H11ClN4/c1-16-5-4-7-2-3-9-10(8(7)6-16)14-15-11(12)13-9/h2-3H,4-6H2,1H3. The normalized spacial score (nSPS) is 16.4. The highest BCUT2D eigenvalue weighted by atomic mass is 35.5. The molecule has 0 aliphatic carbocycles. The third kappa shape index (κ3) is 1.54. The van der Waals surface area contributed by atoms with Crippen molar-refractivity contribution in [2.75, 3.05) is 13.6 Å². The second-order valence-corrected chi connectivity index (χ2v) is 4.48. The van der Waals surface area contributed by atoms with E-state index in [4.69, 9.17) is 11.6 Å². The lowest BCUT2D eigenvalue weighted by molar-refractivity contribution is 0.314. The molecule has 82 valence electrons. The maximum atomic E-state index is 5.74. The Bertz CT molecular complexity index is 555. The van der Waals surface area contributed by atoms with Gasteiger partial charge in [0.05, 0.1) is 5.52 Å². The Morgan fingerprint density at radius 2 is 2.19 bits per heavy atom. The van der Waals surface area contributed by atoms with Crippen LogP contribution in [-0.4, -0.2) is 33.7 Å². The minimum absolute atomic E-state index is 0.205. The number of likely N-dealkylation sites (N-methyl/N-ethyl adjacent to an activating group) is 1. The Labute approximate surface area is 98.3 Å². The Kier molecular flexibility index (Phi) is 2.26. The summed E-state index contributed by atoms with van der Waals surface area (Å²) in [6.07, 6.45) is 1.06. The molecule has 0 saturated heterocycles. The highest BCUT2D eigenvalue weighted by Crippen LogP contribution is 2.24. The molecule has 16 heavy (non-hydrogen) atoms. The second kappa shape index (κ2) is 3.64. The first kappa shape index (κ1) is 9.93. The van der Waals surface area contributed by atoms with Gasteiger partial charge in [0, 0.05) is 13.1 Å². The Morgan fingerprint density at radius 1 is 1.31 bits per heavy atom. The van der Waals surface area contributed by atoms with Crippen LogP contribution in [0.15, 0.2) is 12.1 Å². The lowest BCUT2D eigenvalue weighted by Crippen LogP contribution is -2.26. The van der Waals surface area contributed by atoms with Gasteiger partial charge in [-0.2, -0.15) is 0 Å². The maximum absolute atomic E-state index is 5.74. The fourth-order valence-electron chi connectivity index (χ4n) is 2.15. The predicted octanol–water partition coefficient (Wildman–Crippen LogP) is 1.67. The summed E-state index contributed by atoms with van der Waals surface area (Å²) in [7, 11) is 2.11. The zero-order chi connectivity index (χ0) is 11.1. The topological polar surface area (TPSA) is 41.9 Å². The molecule has 0 saturated carbocycles. The minimum atomic E-state index is 0.205. The number of hydrogen-bond donors (Lipinski definition) is 0. The van der Waals surface area contributed by atoms with Crippen LogP contribution in [0.1, 0.15) is 11.1 Å². The molecule has 0 amide bonds. The first-order valence-electron chi connectivity index (χ1n) is 5.23. The maximum Gasteiger partial charge on any atom is 0.243 e. The lowest BCUT2D eigenvalue weighted by Gasteiger charge is -2.25. The number of rotatable bonds is 0. The fraction of sp³-hybridized carbons (Fsp3) is 0.364. The van der Waals surface area contributed by atoms with Crippen molar-refractivity contribution in [1.29, 1.82) is 0 Å². The van der Waals surface area contributed by atoms with E-state index in [2.05, 4.69) is 33.2 Å². The molecule has 0 atom stereocenters.